The van der Waals surface area contributed by atoms with Gasteiger partial charge in [-0.3, -0.25) is 0 Å². The minimum Gasteiger partial charge on any atom is -0.393 e. The van der Waals surface area contributed by atoms with Gasteiger partial charge in [-0.25, -0.2) is 0 Å². The van der Waals surface area contributed by atoms with Gasteiger partial charge >= 0.3 is 0 Å². The SMILES string of the molecule is CC(CN)C(O)CCc1ccccc1. The highest BCUT2D eigenvalue weighted by molar-refractivity contribution is 5.14. The summed E-state index contributed by atoms with van der Waals surface area (Å²) in [6, 6.07) is 10.2. The Bertz CT molecular complexity index is 248. The van der Waals surface area contributed by atoms with Gasteiger partial charge in [-0.1, -0.05) is 37.3 Å². The van der Waals surface area contributed by atoms with E-state index in [1.54, 1.807) is 0 Å². The molecule has 0 fully saturated rings. The molecule has 0 saturated heterocycles. The Balaban J connectivity index is 2.34. The van der Waals surface area contributed by atoms with Crippen LogP contribution in [0.2, 0.25) is 0 Å². The highest BCUT2D eigenvalue weighted by Crippen LogP contribution is 2.10. The molecule has 1 rings (SSSR count). The Hall–Kier alpha value is -0.860. The number of rotatable bonds is 5. The van der Waals surface area contributed by atoms with Crippen LogP contribution >= 0.6 is 0 Å². The van der Waals surface area contributed by atoms with Gasteiger partial charge < -0.3 is 10.8 Å². The van der Waals surface area contributed by atoms with Gasteiger partial charge in [0.2, 0.25) is 0 Å². The fraction of sp³-hybridized carbons (Fsp3) is 0.500. The molecular weight excluding hydrogens is 174 g/mol. The molecule has 0 aliphatic carbocycles. The largest absolute Gasteiger partial charge is 0.393 e. The average molecular weight is 193 g/mol. The van der Waals surface area contributed by atoms with E-state index in [9.17, 15) is 5.11 Å². The molecule has 14 heavy (non-hydrogen) atoms. The minimum atomic E-state index is -0.278. The van der Waals surface area contributed by atoms with E-state index in [1.807, 2.05) is 25.1 Å². The van der Waals surface area contributed by atoms with Crippen LogP contribution in [0, 0.1) is 5.92 Å². The molecule has 0 aromatic heterocycles. The molecule has 0 aliphatic rings. The third-order valence-corrected chi connectivity index (χ3v) is 2.60. The summed E-state index contributed by atoms with van der Waals surface area (Å²) in [5.74, 6) is 0.193. The molecule has 0 aliphatic heterocycles. The molecule has 0 spiro atoms. The molecule has 0 amide bonds. The van der Waals surface area contributed by atoms with Gasteiger partial charge in [0.1, 0.15) is 0 Å². The summed E-state index contributed by atoms with van der Waals surface area (Å²) in [7, 11) is 0. The van der Waals surface area contributed by atoms with Crippen molar-refractivity contribution in [3.63, 3.8) is 0 Å². The highest BCUT2D eigenvalue weighted by Gasteiger charge is 2.11. The summed E-state index contributed by atoms with van der Waals surface area (Å²) in [5.41, 5.74) is 6.76. The van der Waals surface area contributed by atoms with E-state index in [4.69, 9.17) is 5.73 Å². The lowest BCUT2D eigenvalue weighted by molar-refractivity contribution is 0.112. The van der Waals surface area contributed by atoms with Crippen LogP contribution in [-0.4, -0.2) is 17.8 Å². The van der Waals surface area contributed by atoms with Crippen molar-refractivity contribution in [1.29, 1.82) is 0 Å². The predicted octanol–water partition coefficient (Wildman–Crippen LogP) is 1.57. The van der Waals surface area contributed by atoms with Crippen LogP contribution < -0.4 is 5.73 Å². The van der Waals surface area contributed by atoms with Crippen molar-refractivity contribution in [2.75, 3.05) is 6.54 Å². The second kappa shape index (κ2) is 5.78. The standard InChI is InChI=1S/C12H19NO/c1-10(9-13)12(14)8-7-11-5-3-2-4-6-11/h2-6,10,12,14H,7-9,13H2,1H3. The minimum absolute atomic E-state index is 0.193. The zero-order valence-corrected chi connectivity index (χ0v) is 8.69. The molecule has 3 N–H and O–H groups in total. The normalized spacial score (nSPS) is 15.1. The number of hydrogen-bond donors (Lipinski definition) is 2. The van der Waals surface area contributed by atoms with Crippen molar-refractivity contribution in [2.45, 2.75) is 25.9 Å². The lowest BCUT2D eigenvalue weighted by atomic mass is 9.98. The predicted molar refractivity (Wildman–Crippen MR) is 59.0 cm³/mol. The molecule has 1 aromatic rings. The maximum Gasteiger partial charge on any atom is 0.0581 e. The Labute approximate surface area is 85.8 Å². The van der Waals surface area contributed by atoms with E-state index < -0.39 is 0 Å². The first-order valence-corrected chi connectivity index (χ1v) is 5.16. The van der Waals surface area contributed by atoms with Crippen LogP contribution in [0.5, 0.6) is 0 Å². The molecule has 1 aromatic carbocycles. The first-order chi connectivity index (χ1) is 6.74. The Morgan fingerprint density at radius 1 is 1.29 bits per heavy atom. The van der Waals surface area contributed by atoms with E-state index in [0.29, 0.717) is 6.54 Å². The number of benzene rings is 1. The van der Waals surface area contributed by atoms with Gasteiger partial charge in [-0.15, -0.1) is 0 Å². The van der Waals surface area contributed by atoms with Crippen LogP contribution in [-0.2, 0) is 6.42 Å². The summed E-state index contributed by atoms with van der Waals surface area (Å²) in [6.07, 6.45) is 1.44. The van der Waals surface area contributed by atoms with Gasteiger partial charge in [0, 0.05) is 0 Å². The number of hydrogen-bond acceptors (Lipinski definition) is 2. The van der Waals surface area contributed by atoms with Crippen LogP contribution in [0.25, 0.3) is 0 Å². The van der Waals surface area contributed by atoms with Crippen molar-refractivity contribution in [3.05, 3.63) is 35.9 Å². The van der Waals surface area contributed by atoms with Crippen molar-refractivity contribution in [3.8, 4) is 0 Å². The van der Waals surface area contributed by atoms with Crippen LogP contribution in [0.1, 0.15) is 18.9 Å². The zero-order valence-electron chi connectivity index (χ0n) is 8.69. The quantitative estimate of drug-likeness (QED) is 0.745. The average Bonchev–Trinajstić information content (AvgIpc) is 2.26. The van der Waals surface area contributed by atoms with Crippen molar-refractivity contribution in [2.24, 2.45) is 11.7 Å². The van der Waals surface area contributed by atoms with Crippen LogP contribution in [0.3, 0.4) is 0 Å². The monoisotopic (exact) mass is 193 g/mol. The number of aliphatic hydroxyl groups is 1. The van der Waals surface area contributed by atoms with Gasteiger partial charge in [0.05, 0.1) is 6.10 Å². The fourth-order valence-electron chi connectivity index (χ4n) is 1.40. The molecule has 2 atom stereocenters. The van der Waals surface area contributed by atoms with Gasteiger partial charge in [-0.05, 0) is 30.9 Å². The van der Waals surface area contributed by atoms with E-state index in [0.717, 1.165) is 12.8 Å². The molecule has 0 bridgehead atoms. The Kier molecular flexibility index (Phi) is 4.63. The van der Waals surface area contributed by atoms with Crippen molar-refractivity contribution < 1.29 is 5.11 Å². The number of aryl methyl sites for hydroxylation is 1. The Morgan fingerprint density at radius 2 is 1.93 bits per heavy atom. The molecule has 0 radical (unpaired) electrons. The molecule has 2 unspecified atom stereocenters. The zero-order chi connectivity index (χ0) is 10.4. The number of nitrogens with two attached hydrogens (primary N) is 1. The molecule has 78 valence electrons. The molecule has 2 heteroatoms. The number of aliphatic hydroxyl groups excluding tert-OH is 1. The third-order valence-electron chi connectivity index (χ3n) is 2.60. The molecular formula is C12H19NO. The summed E-state index contributed by atoms with van der Waals surface area (Å²) >= 11 is 0. The van der Waals surface area contributed by atoms with E-state index in [1.165, 1.54) is 5.56 Å². The first-order valence-electron chi connectivity index (χ1n) is 5.16. The van der Waals surface area contributed by atoms with Crippen LogP contribution in [0.15, 0.2) is 30.3 Å². The summed E-state index contributed by atoms with van der Waals surface area (Å²) in [4.78, 5) is 0. The van der Waals surface area contributed by atoms with E-state index in [-0.39, 0.29) is 12.0 Å². The van der Waals surface area contributed by atoms with Gasteiger partial charge in [-0.2, -0.15) is 0 Å². The summed E-state index contributed by atoms with van der Waals surface area (Å²) in [5, 5.41) is 9.70. The molecule has 0 heterocycles. The fourth-order valence-corrected chi connectivity index (χ4v) is 1.40. The highest BCUT2D eigenvalue weighted by atomic mass is 16.3. The smallest absolute Gasteiger partial charge is 0.0581 e. The maximum absolute atomic E-state index is 9.70. The first kappa shape index (κ1) is 11.2. The van der Waals surface area contributed by atoms with Crippen molar-refractivity contribution in [1.82, 2.24) is 0 Å². The Morgan fingerprint density at radius 3 is 2.50 bits per heavy atom. The van der Waals surface area contributed by atoms with E-state index >= 15 is 0 Å². The topological polar surface area (TPSA) is 46.2 Å². The maximum atomic E-state index is 9.70. The third kappa shape index (κ3) is 3.48. The molecule has 2 nitrogen and oxygen atoms in total. The second-order valence-electron chi connectivity index (χ2n) is 3.80. The van der Waals surface area contributed by atoms with Gasteiger partial charge in [0.15, 0.2) is 0 Å². The van der Waals surface area contributed by atoms with Crippen LogP contribution in [0.4, 0.5) is 0 Å². The van der Waals surface area contributed by atoms with Gasteiger partial charge in [0.25, 0.3) is 0 Å². The summed E-state index contributed by atoms with van der Waals surface area (Å²) < 4.78 is 0. The molecule has 0 saturated carbocycles. The van der Waals surface area contributed by atoms with Crippen molar-refractivity contribution >= 4 is 0 Å². The lowest BCUT2D eigenvalue weighted by Gasteiger charge is -2.16. The summed E-state index contributed by atoms with van der Waals surface area (Å²) in [6.45, 7) is 2.53. The lowest BCUT2D eigenvalue weighted by Crippen LogP contribution is -2.25. The van der Waals surface area contributed by atoms with E-state index in [2.05, 4.69) is 12.1 Å². The second-order valence-corrected chi connectivity index (χ2v) is 3.80.